The Morgan fingerprint density at radius 2 is 1.88 bits per heavy atom. The lowest BCUT2D eigenvalue weighted by molar-refractivity contribution is -0.134. The molecule has 0 bridgehead atoms. The van der Waals surface area contributed by atoms with E-state index in [9.17, 15) is 4.79 Å². The molecule has 94 valence electrons. The van der Waals surface area contributed by atoms with Crippen molar-refractivity contribution in [3.05, 3.63) is 0 Å². The molecule has 0 unspecified atom stereocenters. The second-order valence-electron chi connectivity index (χ2n) is 5.48. The maximum atomic E-state index is 12.1. The minimum absolute atomic E-state index is 0.126. The van der Waals surface area contributed by atoms with E-state index in [4.69, 9.17) is 5.73 Å². The van der Waals surface area contributed by atoms with Gasteiger partial charge in [0.05, 0.1) is 6.04 Å². The third-order valence-electron chi connectivity index (χ3n) is 3.51. The fraction of sp³-hybridized carbons (Fsp3) is 0.923. The van der Waals surface area contributed by atoms with Crippen LogP contribution in [0.25, 0.3) is 0 Å². The van der Waals surface area contributed by atoms with Crippen LogP contribution < -0.4 is 5.73 Å². The lowest BCUT2D eigenvalue weighted by Crippen LogP contribution is -2.47. The zero-order chi connectivity index (χ0) is 12.1. The second kappa shape index (κ2) is 6.24. The zero-order valence-electron chi connectivity index (χ0n) is 10.9. The van der Waals surface area contributed by atoms with Crippen LogP contribution in [0.1, 0.15) is 52.4 Å². The van der Waals surface area contributed by atoms with Crippen molar-refractivity contribution in [1.82, 2.24) is 4.90 Å². The Kier molecular flexibility index (Phi) is 5.26. The van der Waals surface area contributed by atoms with E-state index in [-0.39, 0.29) is 11.9 Å². The van der Waals surface area contributed by atoms with E-state index in [0.717, 1.165) is 19.3 Å². The lowest BCUT2D eigenvalue weighted by atomic mass is 9.93. The van der Waals surface area contributed by atoms with E-state index in [2.05, 4.69) is 13.8 Å². The van der Waals surface area contributed by atoms with Gasteiger partial charge in [-0.15, -0.1) is 0 Å². The Morgan fingerprint density at radius 3 is 2.38 bits per heavy atom. The van der Waals surface area contributed by atoms with Crippen molar-refractivity contribution in [2.75, 3.05) is 7.05 Å². The number of carbonyl (C=O) groups excluding carboxylic acids is 1. The van der Waals surface area contributed by atoms with Gasteiger partial charge in [-0.3, -0.25) is 4.79 Å². The van der Waals surface area contributed by atoms with Gasteiger partial charge in [-0.25, -0.2) is 0 Å². The minimum atomic E-state index is -0.313. The summed E-state index contributed by atoms with van der Waals surface area (Å²) in [6.45, 7) is 4.21. The molecule has 1 fully saturated rings. The molecular weight excluding hydrogens is 200 g/mol. The lowest BCUT2D eigenvalue weighted by Gasteiger charge is -2.33. The van der Waals surface area contributed by atoms with Gasteiger partial charge in [0.2, 0.25) is 5.91 Å². The van der Waals surface area contributed by atoms with Gasteiger partial charge in [0.15, 0.2) is 0 Å². The van der Waals surface area contributed by atoms with Crippen molar-refractivity contribution < 1.29 is 4.79 Å². The summed E-state index contributed by atoms with van der Waals surface area (Å²) < 4.78 is 0. The van der Waals surface area contributed by atoms with Crippen molar-refractivity contribution in [1.29, 1.82) is 0 Å². The number of hydrogen-bond donors (Lipinski definition) is 1. The monoisotopic (exact) mass is 226 g/mol. The summed E-state index contributed by atoms with van der Waals surface area (Å²) in [6, 6.07) is 0.117. The molecule has 0 aromatic carbocycles. The molecule has 0 aromatic rings. The normalized spacial score (nSPS) is 19.8. The first-order valence-corrected chi connectivity index (χ1v) is 6.54. The molecule has 0 radical (unpaired) electrons. The number of likely N-dealkylation sites (N-methyl/N-ethyl adjacent to an activating group) is 1. The van der Waals surface area contributed by atoms with Gasteiger partial charge < -0.3 is 10.6 Å². The average molecular weight is 226 g/mol. The molecule has 2 N–H and O–H groups in total. The van der Waals surface area contributed by atoms with E-state index in [1.807, 2.05) is 11.9 Å². The molecule has 16 heavy (non-hydrogen) atoms. The van der Waals surface area contributed by atoms with Gasteiger partial charge in [-0.1, -0.05) is 33.1 Å². The standard InChI is InChI=1S/C13H26N2O/c1-10(2)9-12(14)13(16)15(3)11-7-5-4-6-8-11/h10-12H,4-9,14H2,1-3H3/t12-/m0/s1. The van der Waals surface area contributed by atoms with Crippen LogP contribution >= 0.6 is 0 Å². The molecule has 3 nitrogen and oxygen atoms in total. The van der Waals surface area contributed by atoms with Gasteiger partial charge in [0, 0.05) is 13.1 Å². The highest BCUT2D eigenvalue weighted by Gasteiger charge is 2.25. The first-order valence-electron chi connectivity index (χ1n) is 6.54. The molecule has 1 amide bonds. The summed E-state index contributed by atoms with van der Waals surface area (Å²) in [5.41, 5.74) is 5.93. The molecule has 3 heteroatoms. The molecule has 1 saturated carbocycles. The molecule has 1 rings (SSSR count). The van der Waals surface area contributed by atoms with Crippen LogP contribution in [0.5, 0.6) is 0 Å². The van der Waals surface area contributed by atoms with Gasteiger partial charge in [-0.05, 0) is 25.2 Å². The summed E-state index contributed by atoms with van der Waals surface area (Å²) in [5, 5.41) is 0. The Bertz CT molecular complexity index is 222. The largest absolute Gasteiger partial charge is 0.341 e. The quantitative estimate of drug-likeness (QED) is 0.798. The molecule has 1 aliphatic carbocycles. The highest BCUT2D eigenvalue weighted by atomic mass is 16.2. The van der Waals surface area contributed by atoms with E-state index in [1.54, 1.807) is 0 Å². The molecule has 0 spiro atoms. The molecule has 0 aromatic heterocycles. The number of rotatable bonds is 4. The third-order valence-corrected chi connectivity index (χ3v) is 3.51. The Hall–Kier alpha value is -0.570. The maximum absolute atomic E-state index is 12.1. The average Bonchev–Trinajstić information content (AvgIpc) is 2.27. The number of hydrogen-bond acceptors (Lipinski definition) is 2. The van der Waals surface area contributed by atoms with E-state index >= 15 is 0 Å². The minimum Gasteiger partial charge on any atom is -0.341 e. The van der Waals surface area contributed by atoms with E-state index in [1.165, 1.54) is 19.3 Å². The second-order valence-corrected chi connectivity index (χ2v) is 5.48. The van der Waals surface area contributed by atoms with E-state index in [0.29, 0.717) is 12.0 Å². The van der Waals surface area contributed by atoms with Crippen LogP contribution in [-0.4, -0.2) is 29.9 Å². The summed E-state index contributed by atoms with van der Waals surface area (Å²) in [7, 11) is 1.92. The topological polar surface area (TPSA) is 46.3 Å². The van der Waals surface area contributed by atoms with Crippen LogP contribution in [0.4, 0.5) is 0 Å². The Morgan fingerprint density at radius 1 is 1.31 bits per heavy atom. The fourth-order valence-corrected chi connectivity index (χ4v) is 2.52. The summed E-state index contributed by atoms with van der Waals surface area (Å²) in [5.74, 6) is 0.610. The van der Waals surface area contributed by atoms with Gasteiger partial charge in [0.1, 0.15) is 0 Å². The van der Waals surface area contributed by atoms with Crippen LogP contribution in [0.2, 0.25) is 0 Å². The highest BCUT2D eigenvalue weighted by Crippen LogP contribution is 2.22. The number of nitrogens with two attached hydrogens (primary N) is 1. The molecule has 0 saturated heterocycles. The molecule has 0 heterocycles. The smallest absolute Gasteiger partial charge is 0.239 e. The predicted molar refractivity (Wildman–Crippen MR) is 67.1 cm³/mol. The maximum Gasteiger partial charge on any atom is 0.239 e. The first kappa shape index (κ1) is 13.5. The first-order chi connectivity index (χ1) is 7.52. The van der Waals surface area contributed by atoms with Crippen LogP contribution in [0.3, 0.4) is 0 Å². The van der Waals surface area contributed by atoms with Gasteiger partial charge in [0.25, 0.3) is 0 Å². The van der Waals surface area contributed by atoms with Crippen LogP contribution in [-0.2, 0) is 4.79 Å². The molecule has 1 atom stereocenters. The summed E-state index contributed by atoms with van der Waals surface area (Å²) in [4.78, 5) is 14.0. The molecular formula is C13H26N2O. The van der Waals surface area contributed by atoms with Gasteiger partial charge >= 0.3 is 0 Å². The van der Waals surface area contributed by atoms with Gasteiger partial charge in [-0.2, -0.15) is 0 Å². The number of amides is 1. The van der Waals surface area contributed by atoms with Crippen molar-refractivity contribution >= 4 is 5.91 Å². The van der Waals surface area contributed by atoms with Crippen molar-refractivity contribution in [2.24, 2.45) is 11.7 Å². The number of nitrogens with zero attached hydrogens (tertiary/aromatic N) is 1. The number of carbonyl (C=O) groups is 1. The van der Waals surface area contributed by atoms with Crippen molar-refractivity contribution in [2.45, 2.75) is 64.5 Å². The van der Waals surface area contributed by atoms with E-state index < -0.39 is 0 Å². The Labute approximate surface area is 99.4 Å². The van der Waals surface area contributed by atoms with Crippen LogP contribution in [0, 0.1) is 5.92 Å². The Balaban J connectivity index is 2.45. The summed E-state index contributed by atoms with van der Waals surface area (Å²) >= 11 is 0. The van der Waals surface area contributed by atoms with Crippen LogP contribution in [0.15, 0.2) is 0 Å². The van der Waals surface area contributed by atoms with Crippen molar-refractivity contribution in [3.8, 4) is 0 Å². The zero-order valence-corrected chi connectivity index (χ0v) is 10.9. The SMILES string of the molecule is CC(C)C[C@H](N)C(=O)N(C)C1CCCCC1. The van der Waals surface area contributed by atoms with Crippen molar-refractivity contribution in [3.63, 3.8) is 0 Å². The third kappa shape index (κ3) is 3.78. The predicted octanol–water partition coefficient (Wildman–Crippen LogP) is 2.15. The molecule has 1 aliphatic rings. The highest BCUT2D eigenvalue weighted by molar-refractivity contribution is 5.81. The molecule has 0 aliphatic heterocycles. The fourth-order valence-electron chi connectivity index (χ4n) is 2.52. The summed E-state index contributed by atoms with van der Waals surface area (Å²) in [6.07, 6.45) is 6.91.